The first-order valence-corrected chi connectivity index (χ1v) is 12.6. The van der Waals surface area contributed by atoms with E-state index in [1.165, 1.54) is 4.90 Å². The Kier molecular flexibility index (Phi) is 11.4. The van der Waals surface area contributed by atoms with Crippen LogP contribution in [0.2, 0.25) is 0 Å². The summed E-state index contributed by atoms with van der Waals surface area (Å²) >= 11 is 0. The molecule has 0 bridgehead atoms. The van der Waals surface area contributed by atoms with E-state index < -0.39 is 41.1 Å². The fourth-order valence-corrected chi connectivity index (χ4v) is 3.70. The Hall–Kier alpha value is -3.36. The highest BCUT2D eigenvalue weighted by molar-refractivity contribution is 5.93. The maximum Gasteiger partial charge on any atom is 0.408 e. The van der Waals surface area contributed by atoms with Crippen LogP contribution in [0.3, 0.4) is 0 Å². The molecule has 3 atom stereocenters. The molecule has 4 N–H and O–H groups in total. The lowest BCUT2D eigenvalue weighted by Crippen LogP contribution is -2.57. The number of carbonyl (C=O) groups is 4. The van der Waals surface area contributed by atoms with Crippen molar-refractivity contribution in [2.24, 2.45) is 5.73 Å². The number of nitrogens with two attached hydrogens (primary N) is 1. The maximum atomic E-state index is 14.1. The van der Waals surface area contributed by atoms with E-state index in [9.17, 15) is 19.2 Å². The van der Waals surface area contributed by atoms with Crippen molar-refractivity contribution < 1.29 is 23.9 Å². The summed E-state index contributed by atoms with van der Waals surface area (Å²) < 4.78 is 5.35. The van der Waals surface area contributed by atoms with Gasteiger partial charge in [0, 0.05) is 18.0 Å². The Labute approximate surface area is 221 Å². The van der Waals surface area contributed by atoms with E-state index in [1.54, 1.807) is 39.0 Å². The molecule has 0 radical (unpaired) electrons. The van der Waals surface area contributed by atoms with Crippen molar-refractivity contribution in [3.8, 4) is 0 Å². The van der Waals surface area contributed by atoms with Crippen molar-refractivity contribution >= 4 is 29.9 Å². The molecular formula is C28H44N4O5. The SMILES string of the molecule is C=Cc1cccc(C(C(=O)NC(C)(C)C)N(C(=O)C(CCC(N)=O)NC(=O)OC(C)(C)C)C(C)CC)c1. The monoisotopic (exact) mass is 516 g/mol. The Morgan fingerprint density at radius 3 is 2.24 bits per heavy atom. The lowest BCUT2D eigenvalue weighted by Gasteiger charge is -2.39. The third-order valence-electron chi connectivity index (χ3n) is 5.48. The van der Waals surface area contributed by atoms with Crippen LogP contribution in [0.25, 0.3) is 6.08 Å². The number of carbonyl (C=O) groups excluding carboxylic acids is 4. The van der Waals surface area contributed by atoms with E-state index in [2.05, 4.69) is 17.2 Å². The van der Waals surface area contributed by atoms with Crippen molar-refractivity contribution in [2.75, 3.05) is 0 Å². The topological polar surface area (TPSA) is 131 Å². The summed E-state index contributed by atoms with van der Waals surface area (Å²) in [4.78, 5) is 53.5. The molecule has 0 fully saturated rings. The average Bonchev–Trinajstić information content (AvgIpc) is 2.76. The molecule has 0 spiro atoms. The van der Waals surface area contributed by atoms with Gasteiger partial charge in [0.2, 0.25) is 17.7 Å². The molecule has 0 heterocycles. The summed E-state index contributed by atoms with van der Waals surface area (Å²) in [6, 6.07) is 4.72. The fourth-order valence-electron chi connectivity index (χ4n) is 3.70. The average molecular weight is 517 g/mol. The van der Waals surface area contributed by atoms with Crippen molar-refractivity contribution in [1.82, 2.24) is 15.5 Å². The summed E-state index contributed by atoms with van der Waals surface area (Å²) in [5, 5.41) is 5.58. The number of ether oxygens (including phenoxy) is 1. The largest absolute Gasteiger partial charge is 0.444 e. The van der Waals surface area contributed by atoms with Crippen LogP contribution in [0.15, 0.2) is 30.8 Å². The maximum absolute atomic E-state index is 14.1. The Morgan fingerprint density at radius 1 is 1.14 bits per heavy atom. The third kappa shape index (κ3) is 10.7. The molecule has 0 aliphatic carbocycles. The molecule has 9 nitrogen and oxygen atoms in total. The van der Waals surface area contributed by atoms with Crippen molar-refractivity contribution in [1.29, 1.82) is 0 Å². The molecule has 1 aromatic rings. The second kappa shape index (κ2) is 13.3. The van der Waals surface area contributed by atoms with Crippen molar-refractivity contribution in [2.45, 2.75) is 104 Å². The number of benzene rings is 1. The summed E-state index contributed by atoms with van der Waals surface area (Å²) in [7, 11) is 0. The Morgan fingerprint density at radius 2 is 1.76 bits per heavy atom. The summed E-state index contributed by atoms with van der Waals surface area (Å²) in [6.45, 7) is 18.2. The van der Waals surface area contributed by atoms with E-state index >= 15 is 0 Å². The zero-order valence-corrected chi connectivity index (χ0v) is 23.5. The molecule has 0 saturated carbocycles. The van der Waals surface area contributed by atoms with Crippen molar-refractivity contribution in [3.05, 3.63) is 42.0 Å². The summed E-state index contributed by atoms with van der Waals surface area (Å²) in [5.74, 6) is -1.49. The molecule has 0 aliphatic heterocycles. The highest BCUT2D eigenvalue weighted by atomic mass is 16.6. The van der Waals surface area contributed by atoms with Crippen LogP contribution in [-0.4, -0.2) is 51.9 Å². The number of amides is 4. The van der Waals surface area contributed by atoms with Gasteiger partial charge in [0.15, 0.2) is 0 Å². The molecule has 0 saturated heterocycles. The molecule has 3 unspecified atom stereocenters. The van der Waals surface area contributed by atoms with Crippen LogP contribution < -0.4 is 16.4 Å². The lowest BCUT2D eigenvalue weighted by atomic mass is 9.96. The number of hydrogen-bond acceptors (Lipinski definition) is 5. The standard InChI is InChI=1S/C28H44N4O5/c1-10-18(3)32(25(35)21(15-16-22(29)33)30-26(36)37-28(7,8)9)23(24(34)31-27(4,5)6)20-14-12-13-19(11-2)17-20/h11-14,17-18,21,23H,2,10,15-16H2,1,3-9H3,(H2,29,33)(H,30,36)(H,31,34). The molecule has 1 aromatic carbocycles. The van der Waals surface area contributed by atoms with Crippen LogP contribution in [0.1, 0.15) is 91.8 Å². The van der Waals surface area contributed by atoms with Crippen LogP contribution in [0.5, 0.6) is 0 Å². The van der Waals surface area contributed by atoms with Gasteiger partial charge >= 0.3 is 6.09 Å². The summed E-state index contributed by atoms with van der Waals surface area (Å²) in [5.41, 5.74) is 5.39. The second-order valence-electron chi connectivity index (χ2n) is 11.2. The first-order valence-electron chi connectivity index (χ1n) is 12.6. The van der Waals surface area contributed by atoms with Crippen molar-refractivity contribution in [3.63, 3.8) is 0 Å². The third-order valence-corrected chi connectivity index (χ3v) is 5.48. The predicted molar refractivity (Wildman–Crippen MR) is 145 cm³/mol. The molecular weight excluding hydrogens is 472 g/mol. The Balaban J connectivity index is 3.63. The van der Waals surface area contributed by atoms with E-state index in [-0.39, 0.29) is 24.8 Å². The zero-order chi connectivity index (χ0) is 28.6. The number of rotatable bonds is 11. The van der Waals surface area contributed by atoms with E-state index in [0.717, 1.165) is 5.56 Å². The lowest BCUT2D eigenvalue weighted by molar-refractivity contribution is -0.146. The number of hydrogen-bond donors (Lipinski definition) is 3. The van der Waals surface area contributed by atoms with Gasteiger partial charge in [0.1, 0.15) is 17.7 Å². The van der Waals surface area contributed by atoms with E-state index in [1.807, 2.05) is 46.8 Å². The first kappa shape index (κ1) is 31.7. The first-order chi connectivity index (χ1) is 17.0. The Bertz CT molecular complexity index is 978. The molecule has 206 valence electrons. The highest BCUT2D eigenvalue weighted by Crippen LogP contribution is 2.28. The molecule has 37 heavy (non-hydrogen) atoms. The van der Waals surface area contributed by atoms with Gasteiger partial charge in [-0.3, -0.25) is 14.4 Å². The smallest absolute Gasteiger partial charge is 0.408 e. The van der Waals surface area contributed by atoms with E-state index in [0.29, 0.717) is 12.0 Å². The van der Waals surface area contributed by atoms with Gasteiger partial charge in [-0.05, 0) is 78.5 Å². The second-order valence-corrected chi connectivity index (χ2v) is 11.2. The molecule has 9 heteroatoms. The molecule has 4 amide bonds. The van der Waals surface area contributed by atoms with Crippen LogP contribution in [0.4, 0.5) is 4.79 Å². The van der Waals surface area contributed by atoms with Gasteiger partial charge in [-0.2, -0.15) is 0 Å². The molecule has 1 rings (SSSR count). The van der Waals surface area contributed by atoms with Gasteiger partial charge in [-0.1, -0.05) is 37.8 Å². The van der Waals surface area contributed by atoms with Gasteiger partial charge in [-0.25, -0.2) is 4.79 Å². The minimum absolute atomic E-state index is 0.0410. The van der Waals surface area contributed by atoms with Crippen LogP contribution >= 0.6 is 0 Å². The van der Waals surface area contributed by atoms with Crippen LogP contribution in [0, 0.1) is 0 Å². The zero-order valence-electron chi connectivity index (χ0n) is 23.5. The summed E-state index contributed by atoms with van der Waals surface area (Å²) in [6.07, 6.45) is 1.23. The van der Waals surface area contributed by atoms with Gasteiger partial charge < -0.3 is 26.0 Å². The number of nitrogens with zero attached hydrogens (tertiary/aromatic N) is 1. The fraction of sp³-hybridized carbons (Fsp3) is 0.571. The normalized spacial score (nSPS) is 14.1. The quantitative estimate of drug-likeness (QED) is 0.408. The highest BCUT2D eigenvalue weighted by Gasteiger charge is 2.39. The number of alkyl carbamates (subject to hydrolysis) is 1. The van der Waals surface area contributed by atoms with Gasteiger partial charge in [0.25, 0.3) is 0 Å². The van der Waals surface area contributed by atoms with Gasteiger partial charge in [-0.15, -0.1) is 0 Å². The number of primary amides is 1. The molecule has 0 aliphatic rings. The predicted octanol–water partition coefficient (Wildman–Crippen LogP) is 4.07. The van der Waals surface area contributed by atoms with E-state index in [4.69, 9.17) is 10.5 Å². The van der Waals surface area contributed by atoms with Gasteiger partial charge in [0.05, 0.1) is 0 Å². The molecule has 0 aromatic heterocycles. The number of nitrogens with one attached hydrogen (secondary N) is 2. The van der Waals surface area contributed by atoms with Crippen LogP contribution in [-0.2, 0) is 19.1 Å². The minimum atomic E-state index is -1.14. The minimum Gasteiger partial charge on any atom is -0.444 e.